The predicted molar refractivity (Wildman–Crippen MR) is 120 cm³/mol. The number of sulfonamides is 1. The van der Waals surface area contributed by atoms with Gasteiger partial charge in [0.2, 0.25) is 15.9 Å². The van der Waals surface area contributed by atoms with Crippen LogP contribution in [0.1, 0.15) is 0 Å². The highest BCUT2D eigenvalue weighted by Crippen LogP contribution is 2.28. The third kappa shape index (κ3) is 5.81. The van der Waals surface area contributed by atoms with Crippen molar-refractivity contribution < 1.29 is 22.7 Å². The first-order valence-electron chi connectivity index (χ1n) is 9.43. The number of halogens is 2. The highest BCUT2D eigenvalue weighted by atomic mass is 35.5. The van der Waals surface area contributed by atoms with E-state index in [0.717, 1.165) is 0 Å². The number of rotatable bonds is 7. The molecule has 8 nitrogen and oxygen atoms in total. The molecule has 1 amide bonds. The molecule has 0 spiro atoms. The van der Waals surface area contributed by atoms with E-state index in [9.17, 15) is 13.2 Å². The van der Waals surface area contributed by atoms with Crippen LogP contribution in [0.5, 0.6) is 11.5 Å². The number of hydrogen-bond donors (Lipinski definition) is 1. The maximum Gasteiger partial charge on any atom is 0.244 e. The minimum absolute atomic E-state index is 0.0140. The summed E-state index contributed by atoms with van der Waals surface area (Å²) in [5.74, 6) is 0.908. The van der Waals surface area contributed by atoms with Crippen LogP contribution in [0.2, 0.25) is 10.0 Å². The van der Waals surface area contributed by atoms with E-state index in [2.05, 4.69) is 5.32 Å². The fraction of sp³-hybridized carbons (Fsp3) is 0.350. The lowest BCUT2D eigenvalue weighted by Gasteiger charge is -2.33. The molecule has 0 radical (unpaired) electrons. The van der Waals surface area contributed by atoms with Crippen molar-refractivity contribution in [2.24, 2.45) is 0 Å². The summed E-state index contributed by atoms with van der Waals surface area (Å²) >= 11 is 12.0. The molecule has 1 N–H and O–H groups in total. The van der Waals surface area contributed by atoms with Gasteiger partial charge in [0.25, 0.3) is 0 Å². The number of carbonyl (C=O) groups is 1. The largest absolute Gasteiger partial charge is 0.497 e. The third-order valence-corrected chi connectivity index (χ3v) is 7.46. The van der Waals surface area contributed by atoms with Crippen LogP contribution in [-0.2, 0) is 14.8 Å². The van der Waals surface area contributed by atoms with Crippen LogP contribution in [0.3, 0.4) is 0 Å². The number of anilines is 1. The van der Waals surface area contributed by atoms with Crippen molar-refractivity contribution >= 4 is 44.8 Å². The average molecular weight is 488 g/mol. The molecule has 11 heteroatoms. The smallest absolute Gasteiger partial charge is 0.244 e. The molecule has 0 aromatic heterocycles. The molecule has 1 heterocycles. The van der Waals surface area contributed by atoms with Gasteiger partial charge in [0, 0.05) is 55.1 Å². The first-order valence-corrected chi connectivity index (χ1v) is 11.6. The first kappa shape index (κ1) is 23.6. The summed E-state index contributed by atoms with van der Waals surface area (Å²) in [6, 6.07) is 9.45. The summed E-state index contributed by atoms with van der Waals surface area (Å²) in [7, 11) is -0.705. The van der Waals surface area contributed by atoms with E-state index in [-0.39, 0.29) is 35.5 Å². The first-order chi connectivity index (χ1) is 14.7. The van der Waals surface area contributed by atoms with Gasteiger partial charge in [-0.15, -0.1) is 0 Å². The Morgan fingerprint density at radius 1 is 1.00 bits per heavy atom. The Bertz CT molecular complexity index is 1030. The summed E-state index contributed by atoms with van der Waals surface area (Å²) in [6.07, 6.45) is 0. The minimum atomic E-state index is -3.77. The van der Waals surface area contributed by atoms with E-state index in [1.54, 1.807) is 18.2 Å². The number of amides is 1. The van der Waals surface area contributed by atoms with Crippen LogP contribution in [-0.4, -0.2) is 70.5 Å². The van der Waals surface area contributed by atoms with Crippen LogP contribution in [0.25, 0.3) is 0 Å². The van der Waals surface area contributed by atoms with Gasteiger partial charge in [-0.2, -0.15) is 4.31 Å². The van der Waals surface area contributed by atoms with Crippen molar-refractivity contribution in [3.8, 4) is 11.5 Å². The average Bonchev–Trinajstić information content (AvgIpc) is 2.75. The van der Waals surface area contributed by atoms with E-state index >= 15 is 0 Å². The van der Waals surface area contributed by atoms with Crippen LogP contribution >= 0.6 is 23.2 Å². The summed E-state index contributed by atoms with van der Waals surface area (Å²) in [6.45, 7) is 1.43. The maximum absolute atomic E-state index is 12.9. The summed E-state index contributed by atoms with van der Waals surface area (Å²) in [5.41, 5.74) is 0.554. The molecule has 1 aliphatic heterocycles. The van der Waals surface area contributed by atoms with Gasteiger partial charge in [-0.25, -0.2) is 8.42 Å². The molecule has 0 unspecified atom stereocenters. The normalized spacial score (nSPS) is 15.5. The molecule has 0 bridgehead atoms. The van der Waals surface area contributed by atoms with Crippen molar-refractivity contribution in [2.45, 2.75) is 4.90 Å². The lowest BCUT2D eigenvalue weighted by molar-refractivity contribution is -0.117. The fourth-order valence-electron chi connectivity index (χ4n) is 3.23. The van der Waals surface area contributed by atoms with Crippen molar-refractivity contribution in [1.82, 2.24) is 9.21 Å². The van der Waals surface area contributed by atoms with Gasteiger partial charge < -0.3 is 14.8 Å². The van der Waals surface area contributed by atoms with E-state index in [0.29, 0.717) is 35.3 Å². The fourth-order valence-corrected chi connectivity index (χ4v) is 5.38. The summed E-state index contributed by atoms with van der Waals surface area (Å²) < 4.78 is 37.6. The number of carbonyl (C=O) groups excluding carboxylic acids is 1. The molecule has 1 saturated heterocycles. The quantitative estimate of drug-likeness (QED) is 0.645. The monoisotopic (exact) mass is 487 g/mol. The molecule has 1 aliphatic rings. The minimum Gasteiger partial charge on any atom is -0.497 e. The second kappa shape index (κ2) is 10.1. The number of piperazine rings is 1. The second-order valence-electron chi connectivity index (χ2n) is 6.90. The van der Waals surface area contributed by atoms with Gasteiger partial charge in [0.15, 0.2) is 0 Å². The number of hydrogen-bond acceptors (Lipinski definition) is 6. The number of methoxy groups -OCH3 is 2. The highest BCUT2D eigenvalue weighted by molar-refractivity contribution is 7.89. The van der Waals surface area contributed by atoms with Crippen molar-refractivity contribution in [1.29, 1.82) is 0 Å². The number of nitrogens with zero attached hydrogens (tertiary/aromatic N) is 2. The SMILES string of the molecule is COc1cc(NC(=O)CN2CCN(S(=O)(=O)c3cc(Cl)ccc3Cl)CC2)cc(OC)c1. The zero-order chi connectivity index (χ0) is 22.6. The predicted octanol–water partition coefficient (Wildman–Crippen LogP) is 2.96. The van der Waals surface area contributed by atoms with Gasteiger partial charge in [-0.05, 0) is 18.2 Å². The van der Waals surface area contributed by atoms with Gasteiger partial charge in [0.1, 0.15) is 16.4 Å². The third-order valence-electron chi connectivity index (χ3n) is 4.84. The zero-order valence-corrected chi connectivity index (χ0v) is 19.4. The number of nitrogens with one attached hydrogen (secondary N) is 1. The standard InChI is InChI=1S/C20H23Cl2N3O5S/c1-29-16-10-15(11-17(12-16)30-2)23-20(26)13-24-5-7-25(8-6-24)31(27,28)19-9-14(21)3-4-18(19)22/h3-4,9-12H,5-8,13H2,1-2H3,(H,23,26). The van der Waals surface area contributed by atoms with E-state index in [1.165, 1.54) is 36.7 Å². The maximum atomic E-state index is 12.9. The van der Waals surface area contributed by atoms with Gasteiger partial charge in [0.05, 0.1) is 25.8 Å². The van der Waals surface area contributed by atoms with Crippen molar-refractivity contribution in [3.63, 3.8) is 0 Å². The van der Waals surface area contributed by atoms with Gasteiger partial charge >= 0.3 is 0 Å². The molecular weight excluding hydrogens is 465 g/mol. The molecule has 31 heavy (non-hydrogen) atoms. The Hall–Kier alpha value is -2.04. The molecule has 0 saturated carbocycles. The van der Waals surface area contributed by atoms with Crippen LogP contribution in [0.4, 0.5) is 5.69 Å². The van der Waals surface area contributed by atoms with Crippen LogP contribution in [0, 0.1) is 0 Å². The Labute approximate surface area is 191 Å². The Balaban J connectivity index is 1.59. The van der Waals surface area contributed by atoms with E-state index in [4.69, 9.17) is 32.7 Å². The summed E-state index contributed by atoms with van der Waals surface area (Å²) in [4.78, 5) is 14.3. The molecular formula is C20H23Cl2N3O5S. The molecule has 1 fully saturated rings. The van der Waals surface area contributed by atoms with Gasteiger partial charge in [-0.3, -0.25) is 9.69 Å². The molecule has 2 aromatic carbocycles. The number of ether oxygens (including phenoxy) is 2. The molecule has 0 aliphatic carbocycles. The molecule has 0 atom stereocenters. The second-order valence-corrected chi connectivity index (χ2v) is 9.65. The van der Waals surface area contributed by atoms with Crippen LogP contribution < -0.4 is 14.8 Å². The van der Waals surface area contributed by atoms with E-state index < -0.39 is 10.0 Å². The van der Waals surface area contributed by atoms with E-state index in [1.807, 2.05) is 4.90 Å². The Kier molecular flexibility index (Phi) is 7.66. The Morgan fingerprint density at radius 2 is 1.61 bits per heavy atom. The number of benzene rings is 2. The zero-order valence-electron chi connectivity index (χ0n) is 17.1. The molecule has 2 aromatic rings. The summed E-state index contributed by atoms with van der Waals surface area (Å²) in [5, 5.41) is 3.24. The molecule has 168 valence electrons. The highest BCUT2D eigenvalue weighted by Gasteiger charge is 2.30. The van der Waals surface area contributed by atoms with Crippen molar-refractivity contribution in [3.05, 3.63) is 46.4 Å². The Morgan fingerprint density at radius 3 is 2.19 bits per heavy atom. The lowest BCUT2D eigenvalue weighted by atomic mass is 10.2. The van der Waals surface area contributed by atoms with Crippen molar-refractivity contribution in [2.75, 3.05) is 52.3 Å². The van der Waals surface area contributed by atoms with Gasteiger partial charge in [-0.1, -0.05) is 23.2 Å². The topological polar surface area (TPSA) is 88.2 Å². The lowest BCUT2D eigenvalue weighted by Crippen LogP contribution is -2.50. The molecule has 3 rings (SSSR count). The van der Waals surface area contributed by atoms with Crippen LogP contribution in [0.15, 0.2) is 41.3 Å².